The van der Waals surface area contributed by atoms with E-state index in [2.05, 4.69) is 12.2 Å². The molecule has 20 heavy (non-hydrogen) atoms. The second-order valence-electron chi connectivity index (χ2n) is 6.95. The molecule has 0 aromatic rings. The molecule has 0 spiro atoms. The number of aliphatic hydroxyl groups is 1. The van der Waals surface area contributed by atoms with Crippen molar-refractivity contribution in [1.29, 1.82) is 0 Å². The molecule has 0 aromatic heterocycles. The number of amides is 1. The average Bonchev–Trinajstić information content (AvgIpc) is 2.65. The smallest absolute Gasteiger partial charge is 0.227 e. The van der Waals surface area contributed by atoms with Crippen LogP contribution in [0.4, 0.5) is 0 Å². The van der Waals surface area contributed by atoms with Gasteiger partial charge in [0, 0.05) is 6.54 Å². The van der Waals surface area contributed by atoms with Crippen molar-refractivity contribution in [3.05, 3.63) is 0 Å². The summed E-state index contributed by atoms with van der Waals surface area (Å²) < 4.78 is 0. The highest BCUT2D eigenvalue weighted by molar-refractivity contribution is 5.83. The Hall–Kier alpha value is -0.610. The highest BCUT2D eigenvalue weighted by Crippen LogP contribution is 2.38. The van der Waals surface area contributed by atoms with Gasteiger partial charge in [0.1, 0.15) is 0 Å². The Morgan fingerprint density at radius 1 is 1.20 bits per heavy atom. The lowest BCUT2D eigenvalue weighted by Crippen LogP contribution is -2.53. The zero-order valence-electron chi connectivity index (χ0n) is 12.7. The first-order valence-corrected chi connectivity index (χ1v) is 8.26. The molecule has 0 saturated heterocycles. The van der Waals surface area contributed by atoms with Crippen LogP contribution >= 0.6 is 0 Å². The molecule has 2 unspecified atom stereocenters. The molecule has 0 aromatic carbocycles. The molecule has 1 amide bonds. The van der Waals surface area contributed by atoms with Gasteiger partial charge in [0.05, 0.1) is 17.6 Å². The standard InChI is InChI=1S/C16H30N2O2/c1-12-7-9-16(11-17,10-8-12)15(20)18-13-5-3-2-4-6-14(13)19/h12-14,19H,2-11,17H2,1H3,(H,18,20). The molecule has 0 bridgehead atoms. The van der Waals surface area contributed by atoms with Gasteiger partial charge in [0.25, 0.3) is 0 Å². The van der Waals surface area contributed by atoms with Gasteiger partial charge in [0.15, 0.2) is 0 Å². The summed E-state index contributed by atoms with van der Waals surface area (Å²) >= 11 is 0. The van der Waals surface area contributed by atoms with Crippen LogP contribution in [0.2, 0.25) is 0 Å². The minimum absolute atomic E-state index is 0.0761. The molecule has 4 nitrogen and oxygen atoms in total. The largest absolute Gasteiger partial charge is 0.391 e. The van der Waals surface area contributed by atoms with E-state index >= 15 is 0 Å². The van der Waals surface area contributed by atoms with Crippen molar-refractivity contribution in [3.63, 3.8) is 0 Å². The third-order valence-electron chi connectivity index (χ3n) is 5.40. The summed E-state index contributed by atoms with van der Waals surface area (Å²) in [6, 6.07) is -0.0761. The Morgan fingerprint density at radius 2 is 1.85 bits per heavy atom. The van der Waals surface area contributed by atoms with Gasteiger partial charge in [-0.3, -0.25) is 4.79 Å². The van der Waals surface area contributed by atoms with Crippen LogP contribution in [0.5, 0.6) is 0 Å². The Bertz CT molecular complexity index is 324. The average molecular weight is 282 g/mol. The maximum absolute atomic E-state index is 12.7. The molecule has 116 valence electrons. The lowest BCUT2D eigenvalue weighted by molar-refractivity contribution is -0.134. The maximum atomic E-state index is 12.7. The van der Waals surface area contributed by atoms with Crippen LogP contribution in [-0.4, -0.2) is 29.7 Å². The number of nitrogens with one attached hydrogen (secondary N) is 1. The SMILES string of the molecule is CC1CCC(CN)(C(=O)NC2CCCCCC2O)CC1. The van der Waals surface area contributed by atoms with Crippen molar-refractivity contribution in [2.45, 2.75) is 76.9 Å². The summed E-state index contributed by atoms with van der Waals surface area (Å²) in [6.45, 7) is 2.67. The summed E-state index contributed by atoms with van der Waals surface area (Å²) in [5.41, 5.74) is 5.54. The van der Waals surface area contributed by atoms with E-state index in [-0.39, 0.29) is 11.9 Å². The predicted molar refractivity (Wildman–Crippen MR) is 80.1 cm³/mol. The van der Waals surface area contributed by atoms with E-state index in [1.165, 1.54) is 0 Å². The van der Waals surface area contributed by atoms with Crippen LogP contribution in [0.3, 0.4) is 0 Å². The number of nitrogens with two attached hydrogens (primary N) is 1. The minimum atomic E-state index is -0.390. The molecular weight excluding hydrogens is 252 g/mol. The third-order valence-corrected chi connectivity index (χ3v) is 5.40. The molecule has 2 saturated carbocycles. The molecule has 4 N–H and O–H groups in total. The van der Waals surface area contributed by atoms with Gasteiger partial charge in [-0.25, -0.2) is 0 Å². The Balaban J connectivity index is 1.98. The lowest BCUT2D eigenvalue weighted by atomic mass is 9.70. The van der Waals surface area contributed by atoms with Gasteiger partial charge in [-0.05, 0) is 44.4 Å². The van der Waals surface area contributed by atoms with Gasteiger partial charge in [-0.2, -0.15) is 0 Å². The number of rotatable bonds is 3. The molecule has 4 heteroatoms. The Morgan fingerprint density at radius 3 is 2.50 bits per heavy atom. The first-order chi connectivity index (χ1) is 9.57. The van der Waals surface area contributed by atoms with E-state index in [9.17, 15) is 9.90 Å². The summed E-state index contributed by atoms with van der Waals surface area (Å²) in [6.07, 6.45) is 8.56. The molecular formula is C16H30N2O2. The maximum Gasteiger partial charge on any atom is 0.227 e. The van der Waals surface area contributed by atoms with Gasteiger partial charge < -0.3 is 16.2 Å². The summed E-state index contributed by atoms with van der Waals surface area (Å²) in [5, 5.41) is 13.3. The Kier molecular flexibility index (Phi) is 5.44. The monoisotopic (exact) mass is 282 g/mol. The van der Waals surface area contributed by atoms with Gasteiger partial charge >= 0.3 is 0 Å². The number of aliphatic hydroxyl groups excluding tert-OH is 1. The molecule has 2 rings (SSSR count). The number of carbonyl (C=O) groups excluding carboxylic acids is 1. The second kappa shape index (κ2) is 6.90. The summed E-state index contributed by atoms with van der Waals surface area (Å²) in [7, 11) is 0. The zero-order valence-corrected chi connectivity index (χ0v) is 12.7. The molecule has 2 aliphatic carbocycles. The van der Waals surface area contributed by atoms with Gasteiger partial charge in [-0.1, -0.05) is 26.2 Å². The quantitative estimate of drug-likeness (QED) is 0.693. The van der Waals surface area contributed by atoms with Crippen molar-refractivity contribution in [2.24, 2.45) is 17.1 Å². The molecule has 2 fully saturated rings. The van der Waals surface area contributed by atoms with Crippen LogP contribution in [-0.2, 0) is 4.79 Å². The van der Waals surface area contributed by atoms with E-state index in [0.29, 0.717) is 12.5 Å². The molecule has 0 heterocycles. The Labute approximate surface area is 122 Å². The fourth-order valence-corrected chi connectivity index (χ4v) is 3.62. The van der Waals surface area contributed by atoms with Crippen LogP contribution in [0.1, 0.15) is 64.7 Å². The van der Waals surface area contributed by atoms with Crippen LogP contribution in [0.25, 0.3) is 0 Å². The van der Waals surface area contributed by atoms with Crippen molar-refractivity contribution in [1.82, 2.24) is 5.32 Å². The van der Waals surface area contributed by atoms with Crippen molar-refractivity contribution >= 4 is 5.91 Å². The molecule has 2 aliphatic rings. The lowest BCUT2D eigenvalue weighted by Gasteiger charge is -2.38. The first kappa shape index (κ1) is 15.8. The number of hydrogen-bond donors (Lipinski definition) is 3. The molecule has 0 radical (unpaired) electrons. The van der Waals surface area contributed by atoms with E-state index < -0.39 is 11.5 Å². The van der Waals surface area contributed by atoms with Crippen molar-refractivity contribution in [3.8, 4) is 0 Å². The van der Waals surface area contributed by atoms with Crippen molar-refractivity contribution in [2.75, 3.05) is 6.54 Å². The van der Waals surface area contributed by atoms with Crippen molar-refractivity contribution < 1.29 is 9.90 Å². The van der Waals surface area contributed by atoms with E-state index in [4.69, 9.17) is 5.73 Å². The van der Waals surface area contributed by atoms with Crippen LogP contribution in [0.15, 0.2) is 0 Å². The predicted octanol–water partition coefficient (Wildman–Crippen LogP) is 1.95. The number of hydrogen-bond acceptors (Lipinski definition) is 3. The van der Waals surface area contributed by atoms with E-state index in [1.54, 1.807) is 0 Å². The highest BCUT2D eigenvalue weighted by atomic mass is 16.3. The van der Waals surface area contributed by atoms with Gasteiger partial charge in [0.2, 0.25) is 5.91 Å². The summed E-state index contributed by atoms with van der Waals surface area (Å²) in [5.74, 6) is 0.781. The summed E-state index contributed by atoms with van der Waals surface area (Å²) in [4.78, 5) is 12.7. The van der Waals surface area contributed by atoms with E-state index in [1.807, 2.05) is 0 Å². The highest BCUT2D eigenvalue weighted by Gasteiger charge is 2.41. The zero-order chi connectivity index (χ0) is 14.6. The fraction of sp³-hybridized carbons (Fsp3) is 0.938. The van der Waals surface area contributed by atoms with Crippen LogP contribution in [0, 0.1) is 11.3 Å². The first-order valence-electron chi connectivity index (χ1n) is 8.26. The number of carbonyl (C=O) groups is 1. The molecule has 0 aliphatic heterocycles. The topological polar surface area (TPSA) is 75.4 Å². The van der Waals surface area contributed by atoms with Crippen LogP contribution < -0.4 is 11.1 Å². The molecule has 2 atom stereocenters. The third kappa shape index (κ3) is 3.53. The van der Waals surface area contributed by atoms with E-state index in [0.717, 1.165) is 57.8 Å². The minimum Gasteiger partial charge on any atom is -0.391 e. The normalized spacial score (nSPS) is 39.0. The fourth-order valence-electron chi connectivity index (χ4n) is 3.62. The van der Waals surface area contributed by atoms with Gasteiger partial charge in [-0.15, -0.1) is 0 Å². The second-order valence-corrected chi connectivity index (χ2v) is 6.95.